The average molecular weight is 304 g/mol. The number of nitrogens with zero attached hydrogens (tertiary/aromatic N) is 2. The third-order valence-corrected chi connectivity index (χ3v) is 4.65. The standard InChI is InChI=1S/C16H24N4O2/c1-22-16(6-8-17-9-7-16)15(21)19-13-4-5-14(18-12-13)20-10-2-3-11-20/h4-5,12,17H,2-3,6-11H2,1H3,(H,19,21). The summed E-state index contributed by atoms with van der Waals surface area (Å²) < 4.78 is 5.54. The van der Waals surface area contributed by atoms with Crippen LogP contribution in [0.4, 0.5) is 11.5 Å². The molecule has 2 fully saturated rings. The Morgan fingerprint density at radius 3 is 2.64 bits per heavy atom. The minimum Gasteiger partial charge on any atom is -0.368 e. The third kappa shape index (κ3) is 3.08. The lowest BCUT2D eigenvalue weighted by molar-refractivity contribution is -0.140. The molecule has 3 rings (SSSR count). The number of methoxy groups -OCH3 is 1. The molecule has 120 valence electrons. The van der Waals surface area contributed by atoms with E-state index < -0.39 is 5.60 Å². The van der Waals surface area contributed by atoms with Crippen molar-refractivity contribution < 1.29 is 9.53 Å². The molecule has 22 heavy (non-hydrogen) atoms. The fourth-order valence-electron chi connectivity index (χ4n) is 3.19. The molecule has 2 saturated heterocycles. The minimum atomic E-state index is -0.723. The monoisotopic (exact) mass is 304 g/mol. The van der Waals surface area contributed by atoms with E-state index in [-0.39, 0.29) is 5.91 Å². The summed E-state index contributed by atoms with van der Waals surface area (Å²) in [6.07, 6.45) is 5.56. The van der Waals surface area contributed by atoms with Crippen LogP contribution < -0.4 is 15.5 Å². The van der Waals surface area contributed by atoms with Gasteiger partial charge in [-0.05, 0) is 50.9 Å². The summed E-state index contributed by atoms with van der Waals surface area (Å²) in [7, 11) is 1.61. The molecule has 1 aromatic heterocycles. The number of aromatic nitrogens is 1. The molecule has 2 N–H and O–H groups in total. The summed E-state index contributed by atoms with van der Waals surface area (Å²) in [5, 5.41) is 6.20. The van der Waals surface area contributed by atoms with Crippen molar-refractivity contribution in [1.29, 1.82) is 0 Å². The van der Waals surface area contributed by atoms with E-state index in [1.165, 1.54) is 12.8 Å². The van der Waals surface area contributed by atoms with E-state index >= 15 is 0 Å². The number of pyridine rings is 1. The zero-order valence-electron chi connectivity index (χ0n) is 13.1. The number of anilines is 2. The molecular formula is C16H24N4O2. The first-order valence-electron chi connectivity index (χ1n) is 8.02. The van der Waals surface area contributed by atoms with Crippen molar-refractivity contribution in [3.63, 3.8) is 0 Å². The van der Waals surface area contributed by atoms with E-state index in [1.807, 2.05) is 12.1 Å². The third-order valence-electron chi connectivity index (χ3n) is 4.65. The molecule has 3 heterocycles. The fourth-order valence-corrected chi connectivity index (χ4v) is 3.19. The largest absolute Gasteiger partial charge is 0.368 e. The topological polar surface area (TPSA) is 66.5 Å². The first kappa shape index (κ1) is 15.2. The summed E-state index contributed by atoms with van der Waals surface area (Å²) in [6, 6.07) is 3.89. The normalized spacial score (nSPS) is 20.9. The minimum absolute atomic E-state index is 0.0766. The summed E-state index contributed by atoms with van der Waals surface area (Å²) in [5.41, 5.74) is 0.00157. The van der Waals surface area contributed by atoms with Crippen molar-refractivity contribution in [2.75, 3.05) is 43.5 Å². The molecule has 2 aliphatic rings. The van der Waals surface area contributed by atoms with Crippen LogP contribution in [-0.4, -0.2) is 49.8 Å². The van der Waals surface area contributed by atoms with Crippen LogP contribution in [0.2, 0.25) is 0 Å². The molecule has 0 atom stereocenters. The number of nitrogens with one attached hydrogen (secondary N) is 2. The molecule has 0 bridgehead atoms. The van der Waals surface area contributed by atoms with Crippen LogP contribution >= 0.6 is 0 Å². The first-order chi connectivity index (χ1) is 10.7. The number of hydrogen-bond donors (Lipinski definition) is 2. The van der Waals surface area contributed by atoms with Gasteiger partial charge in [-0.25, -0.2) is 4.98 Å². The van der Waals surface area contributed by atoms with Crippen LogP contribution in [0.5, 0.6) is 0 Å². The molecule has 2 aliphatic heterocycles. The van der Waals surface area contributed by atoms with Gasteiger partial charge < -0.3 is 20.3 Å². The first-order valence-corrected chi connectivity index (χ1v) is 8.02. The Bertz CT molecular complexity index is 505. The summed E-state index contributed by atoms with van der Waals surface area (Å²) in [4.78, 5) is 19.3. The Balaban J connectivity index is 1.65. The molecule has 1 amide bonds. The number of carbonyl (C=O) groups is 1. The van der Waals surface area contributed by atoms with E-state index in [0.29, 0.717) is 12.8 Å². The van der Waals surface area contributed by atoms with Crippen LogP contribution in [0.15, 0.2) is 18.3 Å². The highest BCUT2D eigenvalue weighted by Crippen LogP contribution is 2.25. The van der Waals surface area contributed by atoms with Crippen LogP contribution in [-0.2, 0) is 9.53 Å². The van der Waals surface area contributed by atoms with Gasteiger partial charge in [0.25, 0.3) is 5.91 Å². The van der Waals surface area contributed by atoms with Gasteiger partial charge in [0.15, 0.2) is 0 Å². The molecule has 6 nitrogen and oxygen atoms in total. The molecule has 0 saturated carbocycles. The Morgan fingerprint density at radius 2 is 2.05 bits per heavy atom. The lowest BCUT2D eigenvalue weighted by Crippen LogP contribution is -2.51. The Hall–Kier alpha value is -1.66. The van der Waals surface area contributed by atoms with Crippen molar-refractivity contribution in [2.24, 2.45) is 0 Å². The lowest BCUT2D eigenvalue weighted by Gasteiger charge is -2.34. The Kier molecular flexibility index (Phi) is 4.59. The van der Waals surface area contributed by atoms with Crippen molar-refractivity contribution in [2.45, 2.75) is 31.3 Å². The van der Waals surface area contributed by atoms with Gasteiger partial charge >= 0.3 is 0 Å². The van der Waals surface area contributed by atoms with E-state index in [4.69, 9.17) is 4.74 Å². The second-order valence-electron chi connectivity index (χ2n) is 6.00. The van der Waals surface area contributed by atoms with Crippen LogP contribution in [0.3, 0.4) is 0 Å². The molecule has 0 spiro atoms. The Morgan fingerprint density at radius 1 is 1.32 bits per heavy atom. The molecular weight excluding hydrogens is 280 g/mol. The number of amides is 1. The Labute approximate surface area is 131 Å². The maximum absolute atomic E-state index is 12.6. The maximum atomic E-state index is 12.6. The highest BCUT2D eigenvalue weighted by Gasteiger charge is 2.39. The van der Waals surface area contributed by atoms with E-state index in [0.717, 1.165) is 37.7 Å². The summed E-state index contributed by atoms with van der Waals surface area (Å²) in [6.45, 7) is 3.73. The van der Waals surface area contributed by atoms with E-state index in [9.17, 15) is 4.79 Å². The highest BCUT2D eigenvalue weighted by atomic mass is 16.5. The zero-order valence-corrected chi connectivity index (χ0v) is 13.1. The fraction of sp³-hybridized carbons (Fsp3) is 0.625. The van der Waals surface area contributed by atoms with Crippen LogP contribution in [0, 0.1) is 0 Å². The summed E-state index contributed by atoms with van der Waals surface area (Å²) in [5.74, 6) is 0.908. The van der Waals surface area contributed by atoms with Crippen LogP contribution in [0.1, 0.15) is 25.7 Å². The maximum Gasteiger partial charge on any atom is 0.256 e. The van der Waals surface area contributed by atoms with Gasteiger partial charge in [-0.3, -0.25) is 4.79 Å². The van der Waals surface area contributed by atoms with Crippen molar-refractivity contribution in [1.82, 2.24) is 10.3 Å². The summed E-state index contributed by atoms with van der Waals surface area (Å²) >= 11 is 0. The number of hydrogen-bond acceptors (Lipinski definition) is 5. The smallest absolute Gasteiger partial charge is 0.256 e. The molecule has 0 aromatic carbocycles. The van der Waals surface area contributed by atoms with Gasteiger partial charge in [-0.15, -0.1) is 0 Å². The second-order valence-corrected chi connectivity index (χ2v) is 6.00. The van der Waals surface area contributed by atoms with E-state index in [2.05, 4.69) is 20.5 Å². The molecule has 0 unspecified atom stereocenters. The van der Waals surface area contributed by atoms with Crippen molar-refractivity contribution in [3.8, 4) is 0 Å². The average Bonchev–Trinajstić information content (AvgIpc) is 3.10. The predicted molar refractivity (Wildman–Crippen MR) is 86.2 cm³/mol. The van der Waals surface area contributed by atoms with Crippen molar-refractivity contribution >= 4 is 17.4 Å². The van der Waals surface area contributed by atoms with Gasteiger partial charge in [-0.2, -0.15) is 0 Å². The van der Waals surface area contributed by atoms with Gasteiger partial charge in [0.1, 0.15) is 11.4 Å². The molecule has 0 aliphatic carbocycles. The lowest BCUT2D eigenvalue weighted by atomic mass is 9.91. The number of piperidine rings is 1. The molecule has 1 aromatic rings. The van der Waals surface area contributed by atoms with Gasteiger partial charge in [0.05, 0.1) is 11.9 Å². The van der Waals surface area contributed by atoms with Gasteiger partial charge in [0, 0.05) is 20.2 Å². The predicted octanol–water partition coefficient (Wildman–Crippen LogP) is 1.39. The highest BCUT2D eigenvalue weighted by molar-refractivity contribution is 5.97. The van der Waals surface area contributed by atoms with E-state index in [1.54, 1.807) is 13.3 Å². The molecule has 0 radical (unpaired) electrons. The SMILES string of the molecule is COC1(C(=O)Nc2ccc(N3CCCC3)nc2)CCNCC1. The van der Waals surface area contributed by atoms with Gasteiger partial charge in [-0.1, -0.05) is 0 Å². The zero-order chi connectivity index (χ0) is 15.4. The molecule has 6 heteroatoms. The quantitative estimate of drug-likeness (QED) is 0.880. The number of rotatable bonds is 4. The van der Waals surface area contributed by atoms with Crippen molar-refractivity contribution in [3.05, 3.63) is 18.3 Å². The number of carbonyl (C=O) groups excluding carboxylic acids is 1. The number of ether oxygens (including phenoxy) is 1. The van der Waals surface area contributed by atoms with Crippen LogP contribution in [0.25, 0.3) is 0 Å². The second kappa shape index (κ2) is 6.62. The van der Waals surface area contributed by atoms with Gasteiger partial charge in [0.2, 0.25) is 0 Å².